The highest BCUT2D eigenvalue weighted by Crippen LogP contribution is 2.22. The molecule has 1 aliphatic rings. The summed E-state index contributed by atoms with van der Waals surface area (Å²) >= 11 is 0. The fourth-order valence-electron chi connectivity index (χ4n) is 3.47. The highest BCUT2D eigenvalue weighted by atomic mass is 32.2. The molecule has 1 aliphatic heterocycles. The Bertz CT molecular complexity index is 1010. The largest absolute Gasteiger partial charge is 0.497 e. The standard InChI is InChI=1S/C23H24N2O4S/c1-28-19-9-7-18(8-10-19)24-13-15-25(16-14-24)23(26)22-12-11-20(29-22)17-30(27)21-5-3-2-4-6-21/h2-12H,13-17H2,1H3. The van der Waals surface area contributed by atoms with Crippen LogP contribution in [0.3, 0.4) is 0 Å². The summed E-state index contributed by atoms with van der Waals surface area (Å²) < 4.78 is 23.4. The maximum Gasteiger partial charge on any atom is 0.289 e. The van der Waals surface area contributed by atoms with E-state index in [-0.39, 0.29) is 11.7 Å². The monoisotopic (exact) mass is 424 g/mol. The van der Waals surface area contributed by atoms with Gasteiger partial charge in [-0.2, -0.15) is 0 Å². The van der Waals surface area contributed by atoms with E-state index in [1.165, 1.54) is 0 Å². The second-order valence-corrected chi connectivity index (χ2v) is 8.50. The summed E-state index contributed by atoms with van der Waals surface area (Å²) in [7, 11) is 0.450. The number of hydrogen-bond acceptors (Lipinski definition) is 5. The lowest BCUT2D eigenvalue weighted by Gasteiger charge is -2.35. The number of rotatable bonds is 6. The molecule has 0 spiro atoms. The summed E-state index contributed by atoms with van der Waals surface area (Å²) in [6.45, 7) is 2.75. The van der Waals surface area contributed by atoms with E-state index in [2.05, 4.69) is 4.90 Å². The molecule has 1 unspecified atom stereocenters. The Balaban J connectivity index is 1.33. The van der Waals surface area contributed by atoms with Crippen LogP contribution < -0.4 is 9.64 Å². The maximum atomic E-state index is 12.8. The number of furan rings is 1. The first-order chi connectivity index (χ1) is 14.6. The first kappa shape index (κ1) is 20.2. The number of piperazine rings is 1. The van der Waals surface area contributed by atoms with E-state index in [0.29, 0.717) is 24.6 Å². The number of anilines is 1. The van der Waals surface area contributed by atoms with Crippen molar-refractivity contribution in [3.05, 3.63) is 78.3 Å². The zero-order chi connectivity index (χ0) is 20.9. The number of ether oxygens (including phenoxy) is 1. The Hall–Kier alpha value is -3.06. The smallest absolute Gasteiger partial charge is 0.289 e. The molecule has 7 heteroatoms. The first-order valence-corrected chi connectivity index (χ1v) is 11.2. The molecule has 156 valence electrons. The summed E-state index contributed by atoms with van der Waals surface area (Å²) in [4.78, 5) is 17.6. The Morgan fingerprint density at radius 1 is 0.967 bits per heavy atom. The summed E-state index contributed by atoms with van der Waals surface area (Å²) in [6.07, 6.45) is 0. The average molecular weight is 425 g/mol. The molecular weight excluding hydrogens is 400 g/mol. The van der Waals surface area contributed by atoms with Crippen LogP contribution in [0.1, 0.15) is 16.3 Å². The quantitative estimate of drug-likeness (QED) is 0.606. The molecule has 1 aromatic heterocycles. The molecule has 6 nitrogen and oxygen atoms in total. The third-order valence-electron chi connectivity index (χ3n) is 5.16. The molecular formula is C23H24N2O4S. The normalized spacial score (nSPS) is 15.1. The topological polar surface area (TPSA) is 63.0 Å². The Labute approximate surface area is 178 Å². The molecule has 0 radical (unpaired) electrons. The Morgan fingerprint density at radius 3 is 2.33 bits per heavy atom. The second-order valence-electron chi connectivity index (χ2n) is 7.05. The van der Waals surface area contributed by atoms with E-state index in [1.54, 1.807) is 24.1 Å². The van der Waals surface area contributed by atoms with Gasteiger partial charge >= 0.3 is 0 Å². The lowest BCUT2D eigenvalue weighted by atomic mass is 10.2. The second kappa shape index (κ2) is 9.17. The van der Waals surface area contributed by atoms with E-state index < -0.39 is 10.8 Å². The third-order valence-corrected chi connectivity index (χ3v) is 6.50. The number of carbonyl (C=O) groups is 1. The third kappa shape index (κ3) is 4.57. The number of methoxy groups -OCH3 is 1. The van der Waals surface area contributed by atoms with Gasteiger partial charge in [-0.05, 0) is 48.5 Å². The van der Waals surface area contributed by atoms with Gasteiger partial charge in [-0.1, -0.05) is 18.2 Å². The predicted octanol–water partition coefficient (Wildman–Crippen LogP) is 3.56. The van der Waals surface area contributed by atoms with Crippen molar-refractivity contribution in [1.82, 2.24) is 4.90 Å². The number of carbonyl (C=O) groups excluding carboxylic acids is 1. The van der Waals surface area contributed by atoms with Gasteiger partial charge in [0, 0.05) is 36.8 Å². The van der Waals surface area contributed by atoms with E-state index in [1.807, 2.05) is 54.6 Å². The van der Waals surface area contributed by atoms with Crippen LogP contribution in [0.15, 0.2) is 76.0 Å². The van der Waals surface area contributed by atoms with Crippen molar-refractivity contribution >= 4 is 22.4 Å². The molecule has 1 saturated heterocycles. The molecule has 3 aromatic rings. The van der Waals surface area contributed by atoms with Gasteiger partial charge in [-0.15, -0.1) is 0 Å². The summed E-state index contributed by atoms with van der Waals surface area (Å²) in [5.41, 5.74) is 1.12. The SMILES string of the molecule is COc1ccc(N2CCN(C(=O)c3ccc(CS(=O)c4ccccc4)o3)CC2)cc1. The molecule has 2 heterocycles. The van der Waals surface area contributed by atoms with E-state index in [4.69, 9.17) is 9.15 Å². The van der Waals surface area contributed by atoms with Crippen LogP contribution in [0.2, 0.25) is 0 Å². The van der Waals surface area contributed by atoms with Gasteiger partial charge in [0.25, 0.3) is 5.91 Å². The van der Waals surface area contributed by atoms with Crippen molar-refractivity contribution in [1.29, 1.82) is 0 Å². The van der Waals surface area contributed by atoms with Gasteiger partial charge < -0.3 is 19.0 Å². The van der Waals surface area contributed by atoms with Crippen molar-refractivity contribution in [2.45, 2.75) is 10.6 Å². The van der Waals surface area contributed by atoms with Gasteiger partial charge in [-0.25, -0.2) is 0 Å². The molecule has 2 aromatic carbocycles. The van der Waals surface area contributed by atoms with E-state index in [9.17, 15) is 9.00 Å². The number of amides is 1. The first-order valence-electron chi connectivity index (χ1n) is 9.84. The molecule has 1 fully saturated rings. The van der Waals surface area contributed by atoms with Crippen LogP contribution in [0.5, 0.6) is 5.75 Å². The van der Waals surface area contributed by atoms with Gasteiger partial charge in [0.2, 0.25) is 0 Å². The highest BCUT2D eigenvalue weighted by molar-refractivity contribution is 7.84. The fraction of sp³-hybridized carbons (Fsp3) is 0.261. The fourth-order valence-corrected chi connectivity index (χ4v) is 4.51. The zero-order valence-corrected chi connectivity index (χ0v) is 17.6. The molecule has 1 amide bonds. The highest BCUT2D eigenvalue weighted by Gasteiger charge is 2.24. The van der Waals surface area contributed by atoms with Crippen molar-refractivity contribution in [3.63, 3.8) is 0 Å². The molecule has 30 heavy (non-hydrogen) atoms. The molecule has 0 saturated carbocycles. The minimum Gasteiger partial charge on any atom is -0.497 e. The predicted molar refractivity (Wildman–Crippen MR) is 116 cm³/mol. The molecule has 4 rings (SSSR count). The molecule has 1 atom stereocenters. The minimum atomic E-state index is -1.20. The van der Waals surface area contributed by atoms with Gasteiger partial charge in [-0.3, -0.25) is 9.00 Å². The van der Waals surface area contributed by atoms with Crippen molar-refractivity contribution in [3.8, 4) is 5.75 Å². The lowest BCUT2D eigenvalue weighted by Crippen LogP contribution is -2.48. The van der Waals surface area contributed by atoms with Gasteiger partial charge in [0.1, 0.15) is 11.5 Å². The maximum absolute atomic E-state index is 12.8. The zero-order valence-electron chi connectivity index (χ0n) is 16.8. The minimum absolute atomic E-state index is 0.124. The summed E-state index contributed by atoms with van der Waals surface area (Å²) in [5.74, 6) is 1.81. The van der Waals surface area contributed by atoms with E-state index in [0.717, 1.165) is 29.4 Å². The van der Waals surface area contributed by atoms with Gasteiger partial charge in [0.15, 0.2) is 5.76 Å². The molecule has 0 aliphatic carbocycles. The number of benzene rings is 2. The summed E-state index contributed by atoms with van der Waals surface area (Å²) in [6, 6.07) is 20.6. The Kier molecular flexibility index (Phi) is 6.18. The van der Waals surface area contributed by atoms with Gasteiger partial charge in [0.05, 0.1) is 23.7 Å². The lowest BCUT2D eigenvalue weighted by molar-refractivity contribution is 0.0713. The van der Waals surface area contributed by atoms with Crippen LogP contribution in [0.25, 0.3) is 0 Å². The van der Waals surface area contributed by atoms with Crippen LogP contribution in [0.4, 0.5) is 5.69 Å². The summed E-state index contributed by atoms with van der Waals surface area (Å²) in [5, 5.41) is 0. The average Bonchev–Trinajstić information content (AvgIpc) is 3.28. The van der Waals surface area contributed by atoms with Crippen LogP contribution in [-0.2, 0) is 16.6 Å². The number of nitrogens with zero attached hydrogens (tertiary/aromatic N) is 2. The van der Waals surface area contributed by atoms with Crippen molar-refractivity contribution < 1.29 is 18.2 Å². The number of hydrogen-bond donors (Lipinski definition) is 0. The van der Waals surface area contributed by atoms with Crippen LogP contribution in [0, 0.1) is 0 Å². The molecule has 0 N–H and O–H groups in total. The van der Waals surface area contributed by atoms with E-state index >= 15 is 0 Å². The van der Waals surface area contributed by atoms with Crippen LogP contribution >= 0.6 is 0 Å². The molecule has 0 bridgehead atoms. The van der Waals surface area contributed by atoms with Crippen LogP contribution in [-0.4, -0.2) is 48.3 Å². The van der Waals surface area contributed by atoms with Crippen molar-refractivity contribution in [2.24, 2.45) is 0 Å². The Morgan fingerprint density at radius 2 is 1.67 bits per heavy atom. The van der Waals surface area contributed by atoms with Crippen molar-refractivity contribution in [2.75, 3.05) is 38.2 Å².